The normalized spacial score (nSPS) is 13.5. The monoisotopic (exact) mass is 331 g/mol. The van der Waals surface area contributed by atoms with Gasteiger partial charge in [-0.3, -0.25) is 9.59 Å². The smallest absolute Gasteiger partial charge is 0.305 e. The number of benzene rings is 1. The van der Waals surface area contributed by atoms with E-state index in [2.05, 4.69) is 5.32 Å². The maximum atomic E-state index is 12.9. The lowest BCUT2D eigenvalue weighted by molar-refractivity contribution is -0.139. The number of hydrogen-bond acceptors (Lipinski definition) is 3. The maximum absolute atomic E-state index is 12.9. The van der Waals surface area contributed by atoms with E-state index < -0.39 is 23.2 Å². The number of halogens is 2. The Morgan fingerprint density at radius 3 is 2.59 bits per heavy atom. The molecular weight excluding hydrogens is 313 g/mol. The van der Waals surface area contributed by atoms with E-state index in [4.69, 9.17) is 21.4 Å². The Morgan fingerprint density at radius 1 is 1.45 bits per heavy atom. The van der Waals surface area contributed by atoms with Crippen LogP contribution < -0.4 is 10.1 Å². The summed E-state index contributed by atoms with van der Waals surface area (Å²) < 4.78 is 18.1. The maximum Gasteiger partial charge on any atom is 0.305 e. The van der Waals surface area contributed by atoms with Gasteiger partial charge in [0.25, 0.3) is 5.91 Å². The molecular formula is C15H19ClFNO4. The minimum atomic E-state index is -1.00. The highest BCUT2D eigenvalue weighted by Gasteiger charge is 2.32. The zero-order valence-corrected chi connectivity index (χ0v) is 13.4. The Morgan fingerprint density at radius 2 is 2.09 bits per heavy atom. The average molecular weight is 332 g/mol. The highest BCUT2D eigenvalue weighted by molar-refractivity contribution is 6.32. The van der Waals surface area contributed by atoms with Gasteiger partial charge >= 0.3 is 5.97 Å². The van der Waals surface area contributed by atoms with Crippen LogP contribution in [0.2, 0.25) is 5.02 Å². The summed E-state index contributed by atoms with van der Waals surface area (Å²) in [5.41, 5.74) is -0.890. The van der Waals surface area contributed by atoms with Crippen molar-refractivity contribution in [3.05, 3.63) is 29.0 Å². The first-order valence-electron chi connectivity index (χ1n) is 6.74. The zero-order valence-electron chi connectivity index (χ0n) is 12.7. The summed E-state index contributed by atoms with van der Waals surface area (Å²) in [7, 11) is 0. The molecule has 0 spiro atoms. The van der Waals surface area contributed by atoms with Crippen molar-refractivity contribution in [3.63, 3.8) is 0 Å². The molecule has 1 amide bonds. The first-order valence-corrected chi connectivity index (χ1v) is 7.12. The van der Waals surface area contributed by atoms with Crippen LogP contribution in [0, 0.1) is 11.7 Å². The molecule has 0 fully saturated rings. The first kappa shape index (κ1) is 18.2. The molecule has 0 radical (unpaired) electrons. The second kappa shape index (κ2) is 7.45. The summed E-state index contributed by atoms with van der Waals surface area (Å²) >= 11 is 5.79. The lowest BCUT2D eigenvalue weighted by Crippen LogP contribution is -2.52. The predicted molar refractivity (Wildman–Crippen MR) is 80.5 cm³/mol. The molecule has 1 unspecified atom stereocenters. The summed E-state index contributed by atoms with van der Waals surface area (Å²) in [5.74, 6) is -1.88. The highest BCUT2D eigenvalue weighted by Crippen LogP contribution is 2.25. The number of carboxylic acid groups (broad SMARTS) is 1. The Kier molecular flexibility index (Phi) is 6.17. The van der Waals surface area contributed by atoms with Crippen LogP contribution in [-0.2, 0) is 9.59 Å². The molecule has 7 heteroatoms. The molecule has 0 saturated heterocycles. The van der Waals surface area contributed by atoms with Gasteiger partial charge in [-0.2, -0.15) is 0 Å². The van der Waals surface area contributed by atoms with Crippen LogP contribution in [0.25, 0.3) is 0 Å². The van der Waals surface area contributed by atoms with Gasteiger partial charge < -0.3 is 15.2 Å². The first-order chi connectivity index (χ1) is 10.1. The Hall–Kier alpha value is -1.82. The van der Waals surface area contributed by atoms with Gasteiger partial charge in [-0.25, -0.2) is 4.39 Å². The van der Waals surface area contributed by atoms with Crippen LogP contribution in [0.4, 0.5) is 4.39 Å². The van der Waals surface area contributed by atoms with Crippen LogP contribution in [0.3, 0.4) is 0 Å². The van der Waals surface area contributed by atoms with E-state index in [9.17, 15) is 14.0 Å². The summed E-state index contributed by atoms with van der Waals surface area (Å²) in [4.78, 5) is 22.9. The van der Waals surface area contributed by atoms with Crippen molar-refractivity contribution in [1.82, 2.24) is 5.32 Å². The molecule has 2 N–H and O–H groups in total. The van der Waals surface area contributed by atoms with Gasteiger partial charge in [0.2, 0.25) is 0 Å². The third kappa shape index (κ3) is 5.18. The number of ether oxygens (including phenoxy) is 1. The zero-order chi connectivity index (χ0) is 16.9. The summed E-state index contributed by atoms with van der Waals surface area (Å²) in [6.45, 7) is 4.96. The number of carboxylic acids is 1. The number of nitrogens with one attached hydrogen (secondary N) is 1. The summed E-state index contributed by atoms with van der Waals surface area (Å²) in [6, 6.07) is 3.57. The Bertz CT molecular complexity index is 564. The molecule has 122 valence electrons. The highest BCUT2D eigenvalue weighted by atomic mass is 35.5. The van der Waals surface area contributed by atoms with Crippen LogP contribution in [-0.4, -0.2) is 29.1 Å². The molecule has 0 aromatic heterocycles. The molecule has 0 saturated carbocycles. The van der Waals surface area contributed by atoms with Gasteiger partial charge in [-0.05, 0) is 31.0 Å². The van der Waals surface area contributed by atoms with Gasteiger partial charge in [-0.15, -0.1) is 0 Å². The second-order valence-electron chi connectivity index (χ2n) is 5.55. The topological polar surface area (TPSA) is 75.6 Å². The van der Waals surface area contributed by atoms with Crippen molar-refractivity contribution < 1.29 is 23.8 Å². The fourth-order valence-electron chi connectivity index (χ4n) is 1.80. The van der Waals surface area contributed by atoms with Crippen LogP contribution in [0.5, 0.6) is 5.75 Å². The van der Waals surface area contributed by atoms with E-state index in [0.29, 0.717) is 0 Å². The number of rotatable bonds is 7. The van der Waals surface area contributed by atoms with Gasteiger partial charge in [-0.1, -0.05) is 25.4 Å². The number of amides is 1. The van der Waals surface area contributed by atoms with E-state index in [1.807, 2.05) is 13.8 Å². The SMILES string of the molecule is CC(C)C(C)(CC(=O)O)NC(=O)COc1ccc(F)cc1Cl. The van der Waals surface area contributed by atoms with Crippen molar-refractivity contribution in [1.29, 1.82) is 0 Å². The molecule has 0 heterocycles. The second-order valence-corrected chi connectivity index (χ2v) is 5.96. The van der Waals surface area contributed by atoms with Crippen molar-refractivity contribution >= 4 is 23.5 Å². The Labute approximate surface area is 133 Å². The quantitative estimate of drug-likeness (QED) is 0.805. The number of aliphatic carboxylic acids is 1. The number of carbonyl (C=O) groups excluding carboxylic acids is 1. The van der Waals surface area contributed by atoms with Crippen molar-refractivity contribution in [3.8, 4) is 5.75 Å². The van der Waals surface area contributed by atoms with Gasteiger partial charge in [0, 0.05) is 0 Å². The number of hydrogen-bond donors (Lipinski definition) is 2. The minimum Gasteiger partial charge on any atom is -0.482 e. The molecule has 22 heavy (non-hydrogen) atoms. The molecule has 0 aliphatic heterocycles. The molecule has 5 nitrogen and oxygen atoms in total. The molecule has 1 aromatic carbocycles. The van der Waals surface area contributed by atoms with Crippen molar-refractivity contribution in [2.75, 3.05) is 6.61 Å². The fourth-order valence-corrected chi connectivity index (χ4v) is 2.02. The molecule has 1 atom stereocenters. The lowest BCUT2D eigenvalue weighted by Gasteiger charge is -2.33. The minimum absolute atomic E-state index is 0.0601. The van der Waals surface area contributed by atoms with E-state index in [0.717, 1.165) is 6.07 Å². The summed E-state index contributed by atoms with van der Waals surface area (Å²) in [6.07, 6.45) is -0.201. The van der Waals surface area contributed by atoms with E-state index in [1.165, 1.54) is 12.1 Å². The average Bonchev–Trinajstić information content (AvgIpc) is 2.36. The van der Waals surface area contributed by atoms with Crippen LogP contribution in [0.1, 0.15) is 27.2 Å². The molecule has 1 rings (SSSR count). The standard InChI is InChI=1S/C15H19ClFNO4/c1-9(2)15(3,7-14(20)21)18-13(19)8-22-12-5-4-10(17)6-11(12)16/h4-6,9H,7-8H2,1-3H3,(H,18,19)(H,20,21). The van der Waals surface area contributed by atoms with Crippen molar-refractivity contribution in [2.45, 2.75) is 32.7 Å². The van der Waals surface area contributed by atoms with Gasteiger partial charge in [0.15, 0.2) is 6.61 Å². The van der Waals surface area contributed by atoms with Crippen LogP contribution in [0.15, 0.2) is 18.2 Å². The van der Waals surface area contributed by atoms with E-state index >= 15 is 0 Å². The lowest BCUT2D eigenvalue weighted by atomic mass is 9.85. The predicted octanol–water partition coefficient (Wildman–Crippen LogP) is 2.86. The van der Waals surface area contributed by atoms with Gasteiger partial charge in [0.05, 0.1) is 17.0 Å². The largest absolute Gasteiger partial charge is 0.482 e. The van der Waals surface area contributed by atoms with Gasteiger partial charge in [0.1, 0.15) is 11.6 Å². The summed E-state index contributed by atoms with van der Waals surface area (Å²) in [5, 5.41) is 11.7. The molecule has 0 aliphatic rings. The Balaban J connectivity index is 2.66. The third-order valence-corrected chi connectivity index (χ3v) is 3.77. The van der Waals surface area contributed by atoms with Crippen LogP contribution >= 0.6 is 11.6 Å². The molecule has 0 aliphatic carbocycles. The molecule has 1 aromatic rings. The number of carbonyl (C=O) groups is 2. The van der Waals surface area contributed by atoms with E-state index in [1.54, 1.807) is 6.92 Å². The third-order valence-electron chi connectivity index (χ3n) is 3.47. The van der Waals surface area contributed by atoms with Crippen molar-refractivity contribution in [2.24, 2.45) is 5.92 Å². The molecule has 0 bridgehead atoms. The fraction of sp³-hybridized carbons (Fsp3) is 0.467. The van der Waals surface area contributed by atoms with E-state index in [-0.39, 0.29) is 29.7 Å².